The molecule has 0 fully saturated rings. The Hall–Kier alpha value is -2.34. The first-order valence-corrected chi connectivity index (χ1v) is 6.29. The van der Waals surface area contributed by atoms with Crippen LogP contribution in [0.3, 0.4) is 0 Å². The Morgan fingerprint density at radius 2 is 1.89 bits per heavy atom. The summed E-state index contributed by atoms with van der Waals surface area (Å²) in [5.41, 5.74) is 3.86. The number of halogens is 1. The molecule has 0 aliphatic carbocycles. The molecule has 0 bridgehead atoms. The lowest BCUT2D eigenvalue weighted by atomic mass is 9.99. The van der Waals surface area contributed by atoms with Crippen molar-refractivity contribution in [2.45, 2.75) is 13.0 Å². The lowest BCUT2D eigenvalue weighted by Gasteiger charge is -2.31. The SMILES string of the molecule is N#Cc1cc(F)ccc1N1CCc2ccccc2C1. The third kappa shape index (κ3) is 2.17. The molecule has 1 aliphatic heterocycles. The van der Waals surface area contributed by atoms with Crippen LogP contribution in [0.1, 0.15) is 16.7 Å². The minimum absolute atomic E-state index is 0.363. The topological polar surface area (TPSA) is 27.0 Å². The van der Waals surface area contributed by atoms with Crippen molar-refractivity contribution in [2.24, 2.45) is 0 Å². The smallest absolute Gasteiger partial charge is 0.124 e. The van der Waals surface area contributed by atoms with Crippen molar-refractivity contribution in [3.8, 4) is 6.07 Å². The Morgan fingerprint density at radius 3 is 2.68 bits per heavy atom. The second-order valence-corrected chi connectivity index (χ2v) is 4.71. The molecule has 2 aromatic carbocycles. The van der Waals surface area contributed by atoms with E-state index in [4.69, 9.17) is 5.26 Å². The van der Waals surface area contributed by atoms with Gasteiger partial charge in [0.2, 0.25) is 0 Å². The van der Waals surface area contributed by atoms with Crippen molar-refractivity contribution in [1.29, 1.82) is 5.26 Å². The molecule has 94 valence electrons. The van der Waals surface area contributed by atoms with E-state index in [1.165, 1.54) is 23.3 Å². The van der Waals surface area contributed by atoms with E-state index in [1.54, 1.807) is 6.07 Å². The molecule has 0 unspecified atom stereocenters. The minimum atomic E-state index is -0.363. The molecular formula is C16H13FN2. The van der Waals surface area contributed by atoms with Crippen LogP contribution < -0.4 is 4.90 Å². The van der Waals surface area contributed by atoms with E-state index >= 15 is 0 Å². The Bertz CT molecular complexity index is 658. The van der Waals surface area contributed by atoms with Gasteiger partial charge in [-0.2, -0.15) is 5.26 Å². The normalized spacial score (nSPS) is 13.8. The van der Waals surface area contributed by atoms with Gasteiger partial charge in [0.05, 0.1) is 11.3 Å². The van der Waals surface area contributed by atoms with Crippen molar-refractivity contribution >= 4 is 5.69 Å². The van der Waals surface area contributed by atoms with Gasteiger partial charge >= 0.3 is 0 Å². The van der Waals surface area contributed by atoms with Crippen molar-refractivity contribution in [3.05, 3.63) is 65.0 Å². The summed E-state index contributed by atoms with van der Waals surface area (Å²) in [4.78, 5) is 2.14. The van der Waals surface area contributed by atoms with Gasteiger partial charge in [-0.1, -0.05) is 24.3 Å². The number of nitriles is 1. The number of rotatable bonds is 1. The predicted molar refractivity (Wildman–Crippen MR) is 72.3 cm³/mol. The second kappa shape index (κ2) is 4.74. The van der Waals surface area contributed by atoms with E-state index < -0.39 is 0 Å². The minimum Gasteiger partial charge on any atom is -0.366 e. The highest BCUT2D eigenvalue weighted by atomic mass is 19.1. The van der Waals surface area contributed by atoms with Gasteiger partial charge in [-0.15, -0.1) is 0 Å². The van der Waals surface area contributed by atoms with Crippen molar-refractivity contribution in [1.82, 2.24) is 0 Å². The standard InChI is InChI=1S/C16H13FN2/c17-15-5-6-16(14(9-15)10-18)19-8-7-12-3-1-2-4-13(12)11-19/h1-6,9H,7-8,11H2. The van der Waals surface area contributed by atoms with Crippen molar-refractivity contribution in [3.63, 3.8) is 0 Å². The summed E-state index contributed by atoms with van der Waals surface area (Å²) in [5.74, 6) is -0.363. The second-order valence-electron chi connectivity index (χ2n) is 4.71. The van der Waals surface area contributed by atoms with Gasteiger partial charge in [-0.3, -0.25) is 0 Å². The summed E-state index contributed by atoms with van der Waals surface area (Å²) < 4.78 is 13.2. The number of hydrogen-bond donors (Lipinski definition) is 0. The lowest BCUT2D eigenvalue weighted by molar-refractivity contribution is 0.626. The number of benzene rings is 2. The third-order valence-corrected chi connectivity index (χ3v) is 3.55. The van der Waals surface area contributed by atoms with Gasteiger partial charge in [0.15, 0.2) is 0 Å². The van der Waals surface area contributed by atoms with E-state index in [1.807, 2.05) is 12.1 Å². The van der Waals surface area contributed by atoms with Gasteiger partial charge in [0.1, 0.15) is 11.9 Å². The fourth-order valence-corrected chi connectivity index (χ4v) is 2.57. The van der Waals surface area contributed by atoms with E-state index in [-0.39, 0.29) is 5.82 Å². The van der Waals surface area contributed by atoms with Gasteiger partial charge in [-0.25, -0.2) is 4.39 Å². The number of hydrogen-bond acceptors (Lipinski definition) is 2. The fourth-order valence-electron chi connectivity index (χ4n) is 2.57. The summed E-state index contributed by atoms with van der Waals surface area (Å²) >= 11 is 0. The monoisotopic (exact) mass is 252 g/mol. The molecule has 0 atom stereocenters. The number of fused-ring (bicyclic) bond motifs is 1. The summed E-state index contributed by atoms with van der Waals surface area (Å²) in [5, 5.41) is 9.13. The average Bonchev–Trinajstić information content (AvgIpc) is 2.46. The Kier molecular flexibility index (Phi) is 2.92. The highest BCUT2D eigenvalue weighted by Crippen LogP contribution is 2.27. The molecule has 0 amide bonds. The van der Waals surface area contributed by atoms with Crippen molar-refractivity contribution < 1.29 is 4.39 Å². The molecule has 3 heteroatoms. The Morgan fingerprint density at radius 1 is 1.11 bits per heavy atom. The molecule has 0 N–H and O–H groups in total. The van der Waals surface area contributed by atoms with Crippen LogP contribution in [0.15, 0.2) is 42.5 Å². The molecule has 0 saturated carbocycles. The van der Waals surface area contributed by atoms with Crippen LogP contribution in [-0.2, 0) is 13.0 Å². The molecule has 3 rings (SSSR count). The van der Waals surface area contributed by atoms with Crippen LogP contribution in [0.4, 0.5) is 10.1 Å². The van der Waals surface area contributed by atoms with Gasteiger partial charge in [-0.05, 0) is 35.7 Å². The summed E-state index contributed by atoms with van der Waals surface area (Å²) in [6.07, 6.45) is 0.957. The van der Waals surface area contributed by atoms with Crippen LogP contribution in [0, 0.1) is 17.1 Å². The maximum Gasteiger partial charge on any atom is 0.124 e. The lowest BCUT2D eigenvalue weighted by Crippen LogP contribution is -2.30. The average molecular weight is 252 g/mol. The summed E-state index contributed by atoms with van der Waals surface area (Å²) in [6.45, 7) is 1.63. The van der Waals surface area contributed by atoms with Crippen LogP contribution in [0.2, 0.25) is 0 Å². The quantitative estimate of drug-likeness (QED) is 0.779. The zero-order chi connectivity index (χ0) is 13.2. The molecule has 1 heterocycles. The maximum atomic E-state index is 13.2. The third-order valence-electron chi connectivity index (χ3n) is 3.55. The van der Waals surface area contributed by atoms with Crippen LogP contribution >= 0.6 is 0 Å². The zero-order valence-electron chi connectivity index (χ0n) is 10.4. The largest absolute Gasteiger partial charge is 0.366 e. The van der Waals surface area contributed by atoms with Crippen LogP contribution in [0.5, 0.6) is 0 Å². The summed E-state index contributed by atoms with van der Waals surface area (Å²) in [7, 11) is 0. The molecule has 1 aliphatic rings. The van der Waals surface area contributed by atoms with Crippen LogP contribution in [-0.4, -0.2) is 6.54 Å². The zero-order valence-corrected chi connectivity index (χ0v) is 10.4. The molecule has 0 spiro atoms. The van der Waals surface area contributed by atoms with Crippen molar-refractivity contribution in [2.75, 3.05) is 11.4 Å². The molecule has 2 nitrogen and oxygen atoms in total. The van der Waals surface area contributed by atoms with Gasteiger partial charge in [0, 0.05) is 13.1 Å². The highest BCUT2D eigenvalue weighted by Gasteiger charge is 2.18. The molecule has 19 heavy (non-hydrogen) atoms. The van der Waals surface area contributed by atoms with Gasteiger partial charge in [0.25, 0.3) is 0 Å². The highest BCUT2D eigenvalue weighted by molar-refractivity contribution is 5.60. The molecule has 2 aromatic rings. The van der Waals surface area contributed by atoms with Crippen LogP contribution in [0.25, 0.3) is 0 Å². The number of anilines is 1. The van der Waals surface area contributed by atoms with E-state index in [0.717, 1.165) is 25.2 Å². The van der Waals surface area contributed by atoms with E-state index in [2.05, 4.69) is 23.1 Å². The summed E-state index contributed by atoms with van der Waals surface area (Å²) in [6, 6.07) is 14.8. The van der Waals surface area contributed by atoms with E-state index in [0.29, 0.717) is 5.56 Å². The maximum absolute atomic E-state index is 13.2. The Balaban J connectivity index is 1.96. The first-order valence-electron chi connectivity index (χ1n) is 6.29. The molecule has 0 radical (unpaired) electrons. The fraction of sp³-hybridized carbons (Fsp3) is 0.188. The first-order chi connectivity index (χ1) is 9.28. The van der Waals surface area contributed by atoms with E-state index in [9.17, 15) is 4.39 Å². The number of nitrogens with zero attached hydrogens (tertiary/aromatic N) is 2. The first kappa shape index (κ1) is 11.7. The predicted octanol–water partition coefficient (Wildman–Crippen LogP) is 3.26. The molecule has 0 aromatic heterocycles. The molecule has 0 saturated heterocycles. The van der Waals surface area contributed by atoms with Gasteiger partial charge < -0.3 is 4.90 Å². The molecular weight excluding hydrogens is 239 g/mol. The Labute approximate surface area is 111 Å².